The standard InChI is InChI=1S/C9H16N4/c1-2-3-8-4-5-9(13-12-8)11-7-6-10/h4-5H,2-3,6-7,10H2,1H3,(H,11,13). The third-order valence-corrected chi connectivity index (χ3v) is 1.68. The minimum absolute atomic E-state index is 0.610. The molecule has 0 radical (unpaired) electrons. The van der Waals surface area contributed by atoms with E-state index in [0.29, 0.717) is 6.54 Å². The van der Waals surface area contributed by atoms with Crippen molar-refractivity contribution >= 4 is 5.82 Å². The van der Waals surface area contributed by atoms with E-state index in [1.165, 1.54) is 0 Å². The Hall–Kier alpha value is -1.16. The van der Waals surface area contributed by atoms with E-state index in [-0.39, 0.29) is 0 Å². The maximum atomic E-state index is 5.34. The minimum Gasteiger partial charge on any atom is -0.367 e. The molecule has 0 aliphatic carbocycles. The highest BCUT2D eigenvalue weighted by Gasteiger charge is 1.95. The summed E-state index contributed by atoms with van der Waals surface area (Å²) in [6.45, 7) is 3.47. The van der Waals surface area contributed by atoms with Gasteiger partial charge >= 0.3 is 0 Å². The van der Waals surface area contributed by atoms with Crippen LogP contribution in [0.15, 0.2) is 12.1 Å². The lowest BCUT2D eigenvalue weighted by Gasteiger charge is -2.02. The molecular weight excluding hydrogens is 164 g/mol. The summed E-state index contributed by atoms with van der Waals surface area (Å²) in [4.78, 5) is 0. The van der Waals surface area contributed by atoms with Gasteiger partial charge in [-0.25, -0.2) is 0 Å². The highest BCUT2D eigenvalue weighted by atomic mass is 15.2. The first kappa shape index (κ1) is 9.92. The predicted octanol–water partition coefficient (Wildman–Crippen LogP) is 0.800. The summed E-state index contributed by atoms with van der Waals surface area (Å²) in [5, 5.41) is 11.2. The minimum atomic E-state index is 0.610. The third kappa shape index (κ3) is 3.38. The number of hydrogen-bond donors (Lipinski definition) is 2. The zero-order valence-corrected chi connectivity index (χ0v) is 7.95. The zero-order valence-electron chi connectivity index (χ0n) is 7.95. The van der Waals surface area contributed by atoms with E-state index in [1.807, 2.05) is 12.1 Å². The van der Waals surface area contributed by atoms with Crippen molar-refractivity contribution in [3.05, 3.63) is 17.8 Å². The summed E-state index contributed by atoms with van der Waals surface area (Å²) in [6.07, 6.45) is 2.09. The molecule has 0 bridgehead atoms. The van der Waals surface area contributed by atoms with Crippen molar-refractivity contribution in [3.8, 4) is 0 Å². The van der Waals surface area contributed by atoms with E-state index in [4.69, 9.17) is 5.73 Å². The topological polar surface area (TPSA) is 63.8 Å². The van der Waals surface area contributed by atoms with E-state index < -0.39 is 0 Å². The molecule has 0 atom stereocenters. The Morgan fingerprint density at radius 1 is 1.38 bits per heavy atom. The number of nitrogens with one attached hydrogen (secondary N) is 1. The first-order valence-electron chi connectivity index (χ1n) is 4.63. The first-order chi connectivity index (χ1) is 6.36. The molecule has 3 N–H and O–H groups in total. The fourth-order valence-electron chi connectivity index (χ4n) is 1.04. The molecule has 1 aromatic heterocycles. The summed E-state index contributed by atoms with van der Waals surface area (Å²) >= 11 is 0. The number of aromatic nitrogens is 2. The number of rotatable bonds is 5. The molecule has 0 aliphatic rings. The van der Waals surface area contributed by atoms with Crippen LogP contribution < -0.4 is 11.1 Å². The lowest BCUT2D eigenvalue weighted by Crippen LogP contribution is -2.14. The molecule has 0 unspecified atom stereocenters. The predicted molar refractivity (Wildman–Crippen MR) is 53.6 cm³/mol. The van der Waals surface area contributed by atoms with Crippen molar-refractivity contribution in [2.75, 3.05) is 18.4 Å². The second kappa shape index (κ2) is 5.48. The van der Waals surface area contributed by atoms with Crippen LogP contribution in [-0.4, -0.2) is 23.3 Å². The van der Waals surface area contributed by atoms with Gasteiger partial charge in [0, 0.05) is 13.1 Å². The molecule has 0 aromatic carbocycles. The first-order valence-corrected chi connectivity index (χ1v) is 4.63. The van der Waals surface area contributed by atoms with Crippen LogP contribution in [0.5, 0.6) is 0 Å². The van der Waals surface area contributed by atoms with Gasteiger partial charge in [0.25, 0.3) is 0 Å². The van der Waals surface area contributed by atoms with Gasteiger partial charge in [-0.3, -0.25) is 0 Å². The Morgan fingerprint density at radius 2 is 2.23 bits per heavy atom. The molecule has 0 aliphatic heterocycles. The van der Waals surface area contributed by atoms with E-state index in [0.717, 1.165) is 30.9 Å². The molecule has 1 rings (SSSR count). The summed E-state index contributed by atoms with van der Waals surface area (Å²) in [7, 11) is 0. The van der Waals surface area contributed by atoms with Gasteiger partial charge in [0.05, 0.1) is 5.69 Å². The smallest absolute Gasteiger partial charge is 0.148 e. The van der Waals surface area contributed by atoms with Gasteiger partial charge in [-0.15, -0.1) is 5.10 Å². The van der Waals surface area contributed by atoms with Crippen molar-refractivity contribution in [2.45, 2.75) is 19.8 Å². The molecule has 0 spiro atoms. The molecule has 4 nitrogen and oxygen atoms in total. The van der Waals surface area contributed by atoms with Crippen LogP contribution in [0.2, 0.25) is 0 Å². The van der Waals surface area contributed by atoms with Gasteiger partial charge in [0.1, 0.15) is 5.82 Å². The van der Waals surface area contributed by atoms with Crippen LogP contribution in [0.4, 0.5) is 5.82 Å². The number of anilines is 1. The van der Waals surface area contributed by atoms with E-state index >= 15 is 0 Å². The molecule has 13 heavy (non-hydrogen) atoms. The van der Waals surface area contributed by atoms with Gasteiger partial charge < -0.3 is 11.1 Å². The quantitative estimate of drug-likeness (QED) is 0.703. The fourth-order valence-corrected chi connectivity index (χ4v) is 1.04. The van der Waals surface area contributed by atoms with Gasteiger partial charge in [-0.05, 0) is 18.6 Å². The monoisotopic (exact) mass is 180 g/mol. The summed E-state index contributed by atoms with van der Waals surface area (Å²) in [5.41, 5.74) is 6.39. The average Bonchev–Trinajstić information content (AvgIpc) is 2.17. The van der Waals surface area contributed by atoms with Crippen LogP contribution in [-0.2, 0) is 6.42 Å². The fraction of sp³-hybridized carbons (Fsp3) is 0.556. The summed E-state index contributed by atoms with van der Waals surface area (Å²) in [6, 6.07) is 3.93. The highest BCUT2D eigenvalue weighted by molar-refractivity contribution is 5.32. The maximum Gasteiger partial charge on any atom is 0.148 e. The lowest BCUT2D eigenvalue weighted by molar-refractivity contribution is 0.837. The van der Waals surface area contributed by atoms with Crippen LogP contribution in [0.25, 0.3) is 0 Å². The number of nitrogens with two attached hydrogens (primary N) is 1. The Balaban J connectivity index is 2.48. The average molecular weight is 180 g/mol. The van der Waals surface area contributed by atoms with Crippen LogP contribution in [0.1, 0.15) is 19.0 Å². The zero-order chi connectivity index (χ0) is 9.52. The molecule has 1 aromatic rings. The van der Waals surface area contributed by atoms with Crippen molar-refractivity contribution in [1.29, 1.82) is 0 Å². The van der Waals surface area contributed by atoms with Gasteiger partial charge in [-0.2, -0.15) is 5.10 Å². The van der Waals surface area contributed by atoms with Crippen molar-refractivity contribution in [3.63, 3.8) is 0 Å². The van der Waals surface area contributed by atoms with Crippen molar-refractivity contribution in [1.82, 2.24) is 10.2 Å². The molecule has 0 saturated heterocycles. The Bertz CT molecular complexity index is 232. The Morgan fingerprint density at radius 3 is 2.77 bits per heavy atom. The number of aryl methyl sites for hydroxylation is 1. The Kier molecular flexibility index (Phi) is 4.18. The van der Waals surface area contributed by atoms with Gasteiger partial charge in [-0.1, -0.05) is 13.3 Å². The van der Waals surface area contributed by atoms with Crippen LogP contribution in [0.3, 0.4) is 0 Å². The summed E-state index contributed by atoms with van der Waals surface area (Å²) in [5.74, 6) is 0.797. The normalized spacial score (nSPS) is 10.0. The molecule has 72 valence electrons. The second-order valence-electron chi connectivity index (χ2n) is 2.88. The molecule has 4 heteroatoms. The molecule has 1 heterocycles. The van der Waals surface area contributed by atoms with Gasteiger partial charge in [0.15, 0.2) is 0 Å². The SMILES string of the molecule is CCCc1ccc(NCCN)nn1. The van der Waals surface area contributed by atoms with E-state index in [9.17, 15) is 0 Å². The van der Waals surface area contributed by atoms with E-state index in [1.54, 1.807) is 0 Å². The highest BCUT2D eigenvalue weighted by Crippen LogP contribution is 2.02. The second-order valence-corrected chi connectivity index (χ2v) is 2.88. The van der Waals surface area contributed by atoms with Gasteiger partial charge in [0.2, 0.25) is 0 Å². The van der Waals surface area contributed by atoms with Crippen molar-refractivity contribution in [2.24, 2.45) is 5.73 Å². The summed E-state index contributed by atoms with van der Waals surface area (Å²) < 4.78 is 0. The molecule has 0 amide bonds. The lowest BCUT2D eigenvalue weighted by atomic mass is 10.2. The van der Waals surface area contributed by atoms with Crippen LogP contribution in [0, 0.1) is 0 Å². The Labute approximate surface area is 78.6 Å². The third-order valence-electron chi connectivity index (χ3n) is 1.68. The molecule has 0 fully saturated rings. The van der Waals surface area contributed by atoms with Crippen LogP contribution >= 0.6 is 0 Å². The number of hydrogen-bond acceptors (Lipinski definition) is 4. The molecule has 0 saturated carbocycles. The molecular formula is C9H16N4. The maximum absolute atomic E-state index is 5.34. The van der Waals surface area contributed by atoms with Crippen molar-refractivity contribution < 1.29 is 0 Å². The van der Waals surface area contributed by atoms with E-state index in [2.05, 4.69) is 22.4 Å². The number of nitrogens with zero attached hydrogens (tertiary/aromatic N) is 2. The largest absolute Gasteiger partial charge is 0.367 e.